The third-order valence-electron chi connectivity index (χ3n) is 2.64. The van der Waals surface area contributed by atoms with Crippen LogP contribution in [0.1, 0.15) is 20.3 Å². The van der Waals surface area contributed by atoms with Gasteiger partial charge in [-0.1, -0.05) is 13.8 Å². The van der Waals surface area contributed by atoms with E-state index in [2.05, 4.69) is 29.1 Å². The molecule has 0 saturated heterocycles. The summed E-state index contributed by atoms with van der Waals surface area (Å²) >= 11 is 0. The van der Waals surface area contributed by atoms with Gasteiger partial charge in [0.2, 0.25) is 0 Å². The lowest BCUT2D eigenvalue weighted by molar-refractivity contribution is 0.161. The van der Waals surface area contributed by atoms with Crippen LogP contribution >= 0.6 is 0 Å². The van der Waals surface area contributed by atoms with Crippen LogP contribution in [0.15, 0.2) is 18.6 Å². The molecule has 1 unspecified atom stereocenters. The summed E-state index contributed by atoms with van der Waals surface area (Å²) in [6, 6.07) is 0. The van der Waals surface area contributed by atoms with Crippen LogP contribution in [0, 0.1) is 5.92 Å². The molecule has 6 nitrogen and oxygen atoms in total. The highest BCUT2D eigenvalue weighted by Gasteiger charge is 2.10. The molecule has 2 aromatic rings. The molecule has 2 aromatic heterocycles. The zero-order valence-corrected chi connectivity index (χ0v) is 10.7. The molecule has 0 aromatic carbocycles. The SMILES string of the molecule is CC(C)CC(O)CNc1nc(N)cn2ccnc12. The van der Waals surface area contributed by atoms with E-state index in [1.54, 1.807) is 16.8 Å². The molecule has 0 aliphatic heterocycles. The number of nitrogens with one attached hydrogen (secondary N) is 1. The predicted octanol–water partition coefficient (Wildman–Crippen LogP) is 1.13. The largest absolute Gasteiger partial charge is 0.391 e. The maximum atomic E-state index is 9.82. The molecule has 0 amide bonds. The standard InChI is InChI=1S/C12H19N5O/c1-8(2)5-9(18)6-15-11-12-14-3-4-17(12)7-10(13)16-11/h3-4,7-9,18H,5-6,13H2,1-2H3,(H,15,16). The number of anilines is 2. The smallest absolute Gasteiger partial charge is 0.180 e. The Morgan fingerprint density at radius 3 is 3.00 bits per heavy atom. The predicted molar refractivity (Wildman–Crippen MR) is 71.4 cm³/mol. The highest BCUT2D eigenvalue weighted by atomic mass is 16.3. The summed E-state index contributed by atoms with van der Waals surface area (Å²) < 4.78 is 1.81. The Labute approximate surface area is 106 Å². The van der Waals surface area contributed by atoms with E-state index in [4.69, 9.17) is 5.73 Å². The molecule has 4 N–H and O–H groups in total. The Morgan fingerprint density at radius 1 is 1.50 bits per heavy atom. The number of hydrogen-bond donors (Lipinski definition) is 3. The zero-order chi connectivity index (χ0) is 13.1. The maximum absolute atomic E-state index is 9.82. The summed E-state index contributed by atoms with van der Waals surface area (Å²) in [5.41, 5.74) is 6.42. The Hall–Kier alpha value is -1.82. The van der Waals surface area contributed by atoms with Crippen LogP contribution in [0.4, 0.5) is 11.6 Å². The van der Waals surface area contributed by atoms with Crippen molar-refractivity contribution >= 4 is 17.3 Å². The van der Waals surface area contributed by atoms with Gasteiger partial charge in [-0.25, -0.2) is 9.97 Å². The van der Waals surface area contributed by atoms with E-state index in [1.165, 1.54) is 0 Å². The Kier molecular flexibility index (Phi) is 3.66. The van der Waals surface area contributed by atoms with Crippen molar-refractivity contribution in [2.24, 2.45) is 5.92 Å². The van der Waals surface area contributed by atoms with Gasteiger partial charge in [0.05, 0.1) is 12.3 Å². The van der Waals surface area contributed by atoms with Crippen molar-refractivity contribution in [2.45, 2.75) is 26.4 Å². The molecule has 6 heteroatoms. The second-order valence-corrected chi connectivity index (χ2v) is 4.84. The summed E-state index contributed by atoms with van der Waals surface area (Å²) in [7, 11) is 0. The van der Waals surface area contributed by atoms with Crippen LogP contribution in [0.5, 0.6) is 0 Å². The minimum atomic E-state index is -0.400. The summed E-state index contributed by atoms with van der Waals surface area (Å²) in [6.07, 6.45) is 5.55. The first-order valence-corrected chi connectivity index (χ1v) is 6.07. The van der Waals surface area contributed by atoms with Gasteiger partial charge in [0.1, 0.15) is 5.82 Å². The number of nitrogens with two attached hydrogens (primary N) is 1. The first kappa shape index (κ1) is 12.6. The number of hydrogen-bond acceptors (Lipinski definition) is 5. The van der Waals surface area contributed by atoms with Crippen LogP contribution in [0.2, 0.25) is 0 Å². The second kappa shape index (κ2) is 5.22. The van der Waals surface area contributed by atoms with Gasteiger partial charge in [-0.15, -0.1) is 0 Å². The second-order valence-electron chi connectivity index (χ2n) is 4.84. The van der Waals surface area contributed by atoms with E-state index >= 15 is 0 Å². The van der Waals surface area contributed by atoms with Crippen LogP contribution in [0.3, 0.4) is 0 Å². The summed E-state index contributed by atoms with van der Waals surface area (Å²) in [4.78, 5) is 8.40. The molecule has 0 fully saturated rings. The number of aromatic nitrogens is 3. The molecule has 18 heavy (non-hydrogen) atoms. The van der Waals surface area contributed by atoms with Crippen molar-refractivity contribution in [3.63, 3.8) is 0 Å². The van der Waals surface area contributed by atoms with Crippen molar-refractivity contribution in [1.29, 1.82) is 0 Å². The minimum absolute atomic E-state index is 0.400. The fourth-order valence-corrected chi connectivity index (χ4v) is 1.91. The summed E-state index contributed by atoms with van der Waals surface area (Å²) in [6.45, 7) is 4.60. The van der Waals surface area contributed by atoms with Gasteiger partial charge in [-0.2, -0.15) is 0 Å². The van der Waals surface area contributed by atoms with E-state index in [9.17, 15) is 5.11 Å². The van der Waals surface area contributed by atoms with Crippen molar-refractivity contribution in [3.8, 4) is 0 Å². The fraction of sp³-hybridized carbons (Fsp3) is 0.500. The third-order valence-corrected chi connectivity index (χ3v) is 2.64. The highest BCUT2D eigenvalue weighted by molar-refractivity contribution is 5.64. The molecular formula is C12H19N5O. The van der Waals surface area contributed by atoms with Crippen molar-refractivity contribution < 1.29 is 5.11 Å². The van der Waals surface area contributed by atoms with Crippen molar-refractivity contribution in [2.75, 3.05) is 17.6 Å². The van der Waals surface area contributed by atoms with Crippen LogP contribution in [-0.4, -0.2) is 32.1 Å². The molecule has 0 aliphatic rings. The maximum Gasteiger partial charge on any atom is 0.180 e. The lowest BCUT2D eigenvalue weighted by Crippen LogP contribution is -2.22. The molecule has 0 aliphatic carbocycles. The van der Waals surface area contributed by atoms with E-state index in [1.807, 2.05) is 6.20 Å². The third kappa shape index (κ3) is 2.89. The fourth-order valence-electron chi connectivity index (χ4n) is 1.91. The number of nitrogens with zero attached hydrogens (tertiary/aromatic N) is 3. The molecule has 98 valence electrons. The average Bonchev–Trinajstić information content (AvgIpc) is 2.72. The number of rotatable bonds is 5. The average molecular weight is 249 g/mol. The first-order valence-electron chi connectivity index (χ1n) is 6.07. The quantitative estimate of drug-likeness (QED) is 0.739. The van der Waals surface area contributed by atoms with Crippen molar-refractivity contribution in [1.82, 2.24) is 14.4 Å². The summed E-state index contributed by atoms with van der Waals surface area (Å²) in [5, 5.41) is 12.9. The normalized spacial score (nSPS) is 13.1. The van der Waals surface area contributed by atoms with E-state index < -0.39 is 6.10 Å². The molecule has 0 saturated carbocycles. The number of aliphatic hydroxyl groups excluding tert-OH is 1. The molecule has 0 spiro atoms. The molecular weight excluding hydrogens is 230 g/mol. The Balaban J connectivity index is 2.09. The highest BCUT2D eigenvalue weighted by Crippen LogP contribution is 2.15. The van der Waals surface area contributed by atoms with E-state index in [0.717, 1.165) is 6.42 Å². The van der Waals surface area contributed by atoms with Crippen LogP contribution in [0.25, 0.3) is 5.65 Å². The molecule has 0 bridgehead atoms. The van der Waals surface area contributed by atoms with E-state index in [-0.39, 0.29) is 0 Å². The molecule has 2 rings (SSSR count). The van der Waals surface area contributed by atoms with Gasteiger partial charge < -0.3 is 20.6 Å². The van der Waals surface area contributed by atoms with Gasteiger partial charge in [0, 0.05) is 18.9 Å². The van der Waals surface area contributed by atoms with Gasteiger partial charge in [-0.3, -0.25) is 0 Å². The van der Waals surface area contributed by atoms with Crippen LogP contribution < -0.4 is 11.1 Å². The lowest BCUT2D eigenvalue weighted by atomic mass is 10.1. The first-order chi connectivity index (χ1) is 8.56. The molecule has 0 radical (unpaired) electrons. The zero-order valence-electron chi connectivity index (χ0n) is 10.7. The Morgan fingerprint density at radius 2 is 2.28 bits per heavy atom. The Bertz CT molecular complexity index is 522. The van der Waals surface area contributed by atoms with Gasteiger partial charge >= 0.3 is 0 Å². The number of fused-ring (bicyclic) bond motifs is 1. The monoisotopic (exact) mass is 249 g/mol. The number of aliphatic hydroxyl groups is 1. The molecule has 2 heterocycles. The van der Waals surface area contributed by atoms with Gasteiger partial charge in [-0.05, 0) is 12.3 Å². The van der Waals surface area contributed by atoms with Gasteiger partial charge in [0.15, 0.2) is 11.5 Å². The topological polar surface area (TPSA) is 88.5 Å². The van der Waals surface area contributed by atoms with E-state index in [0.29, 0.717) is 29.7 Å². The number of imidazole rings is 1. The molecule has 1 atom stereocenters. The minimum Gasteiger partial charge on any atom is -0.391 e. The van der Waals surface area contributed by atoms with Gasteiger partial charge in [0.25, 0.3) is 0 Å². The lowest BCUT2D eigenvalue weighted by Gasteiger charge is -2.14. The van der Waals surface area contributed by atoms with Crippen molar-refractivity contribution in [3.05, 3.63) is 18.6 Å². The summed E-state index contributed by atoms with van der Waals surface area (Å²) in [5.74, 6) is 1.48. The van der Waals surface area contributed by atoms with Crippen LogP contribution in [-0.2, 0) is 0 Å². The number of nitrogen functional groups attached to an aromatic ring is 1.